The minimum atomic E-state index is -0.903. The molecule has 6 nitrogen and oxygen atoms in total. The average molecular weight is 453 g/mol. The van der Waals surface area contributed by atoms with E-state index in [2.05, 4.69) is 22.1 Å². The summed E-state index contributed by atoms with van der Waals surface area (Å²) in [6, 6.07) is 21.7. The second-order valence-electron chi connectivity index (χ2n) is 7.58. The van der Waals surface area contributed by atoms with Crippen molar-refractivity contribution in [3.8, 4) is 11.3 Å². The summed E-state index contributed by atoms with van der Waals surface area (Å²) >= 11 is 1.50. The monoisotopic (exact) mass is 452 g/mol. The molecule has 33 heavy (non-hydrogen) atoms. The van der Waals surface area contributed by atoms with Crippen LogP contribution in [0.3, 0.4) is 0 Å². The summed E-state index contributed by atoms with van der Waals surface area (Å²) in [5.41, 5.74) is 5.09. The Labute approximate surface area is 194 Å². The molecule has 2 aromatic carbocycles. The van der Waals surface area contributed by atoms with Gasteiger partial charge < -0.3 is 5.11 Å². The van der Waals surface area contributed by atoms with Crippen LogP contribution in [0.5, 0.6) is 0 Å². The van der Waals surface area contributed by atoms with Gasteiger partial charge in [-0.05, 0) is 41.5 Å². The van der Waals surface area contributed by atoms with E-state index in [0.29, 0.717) is 17.1 Å². The topological polar surface area (TPSA) is 80.9 Å². The maximum Gasteiger partial charge on any atom is 0.307 e. The number of carboxylic acid groups (broad SMARTS) is 1. The number of hydrogen-bond donors (Lipinski definition) is 1. The van der Waals surface area contributed by atoms with Crippen molar-refractivity contribution in [3.63, 3.8) is 0 Å². The number of fused-ring (bicyclic) bond motifs is 1. The molecule has 162 valence electrons. The van der Waals surface area contributed by atoms with Gasteiger partial charge in [-0.25, -0.2) is 4.98 Å². The van der Waals surface area contributed by atoms with Crippen molar-refractivity contribution < 1.29 is 9.90 Å². The predicted octanol–water partition coefficient (Wildman–Crippen LogP) is 5.62. The van der Waals surface area contributed by atoms with E-state index in [0.717, 1.165) is 32.6 Å². The molecule has 0 saturated heterocycles. The molecule has 0 saturated carbocycles. The molecule has 0 atom stereocenters. The molecule has 0 unspecified atom stereocenters. The molecule has 0 fully saturated rings. The van der Waals surface area contributed by atoms with Gasteiger partial charge in [0, 0.05) is 29.7 Å². The number of nitrogens with zero attached hydrogens (tertiary/aromatic N) is 4. The van der Waals surface area contributed by atoms with Crippen LogP contribution in [0.4, 0.5) is 0 Å². The van der Waals surface area contributed by atoms with Crippen molar-refractivity contribution in [1.29, 1.82) is 0 Å². The van der Waals surface area contributed by atoms with Gasteiger partial charge in [-0.1, -0.05) is 42.5 Å². The van der Waals surface area contributed by atoms with Gasteiger partial charge in [0.2, 0.25) is 0 Å². The first-order chi connectivity index (χ1) is 16.2. The van der Waals surface area contributed by atoms with Crippen LogP contribution in [-0.4, -0.2) is 30.8 Å². The Kier molecular flexibility index (Phi) is 5.78. The molecule has 0 aliphatic heterocycles. The molecule has 7 heteroatoms. The second-order valence-corrected chi connectivity index (χ2v) is 8.62. The normalized spacial score (nSPS) is 11.7. The SMILES string of the molecule is O=C(O)CC(=Cc1cn(Cc2ccccc2)nc1-c1cccnc1)c1nc2ccccc2s1. The Hall–Kier alpha value is -4.10. The maximum atomic E-state index is 11.7. The van der Waals surface area contributed by atoms with Gasteiger partial charge in [-0.2, -0.15) is 5.10 Å². The number of carboxylic acids is 1. The summed E-state index contributed by atoms with van der Waals surface area (Å²) in [6.07, 6.45) is 7.20. The summed E-state index contributed by atoms with van der Waals surface area (Å²) in [7, 11) is 0. The van der Waals surface area contributed by atoms with Crippen molar-refractivity contribution in [1.82, 2.24) is 19.7 Å². The Morgan fingerprint density at radius 1 is 1.03 bits per heavy atom. The lowest BCUT2D eigenvalue weighted by molar-refractivity contribution is -0.135. The van der Waals surface area contributed by atoms with Gasteiger partial charge >= 0.3 is 5.97 Å². The highest BCUT2D eigenvalue weighted by atomic mass is 32.1. The molecular formula is C26H20N4O2S. The van der Waals surface area contributed by atoms with Crippen LogP contribution in [0.15, 0.2) is 85.3 Å². The fourth-order valence-electron chi connectivity index (χ4n) is 3.67. The van der Waals surface area contributed by atoms with Crippen LogP contribution in [0.25, 0.3) is 33.1 Å². The maximum absolute atomic E-state index is 11.7. The third-order valence-electron chi connectivity index (χ3n) is 5.15. The van der Waals surface area contributed by atoms with Crippen LogP contribution < -0.4 is 0 Å². The lowest BCUT2D eigenvalue weighted by atomic mass is 10.1. The fourth-order valence-corrected chi connectivity index (χ4v) is 4.65. The predicted molar refractivity (Wildman–Crippen MR) is 131 cm³/mol. The number of para-hydroxylation sites is 1. The number of benzene rings is 2. The molecule has 5 aromatic rings. The summed E-state index contributed by atoms with van der Waals surface area (Å²) in [5.74, 6) is -0.903. The molecular weight excluding hydrogens is 432 g/mol. The smallest absolute Gasteiger partial charge is 0.307 e. The molecule has 1 N–H and O–H groups in total. The second kappa shape index (κ2) is 9.18. The summed E-state index contributed by atoms with van der Waals surface area (Å²) in [6.45, 7) is 0.608. The van der Waals surface area contributed by atoms with E-state index in [1.54, 1.807) is 12.4 Å². The van der Waals surface area contributed by atoms with Gasteiger partial charge in [0.1, 0.15) is 10.7 Å². The zero-order chi connectivity index (χ0) is 22.6. The minimum Gasteiger partial charge on any atom is -0.481 e. The van der Waals surface area contributed by atoms with Gasteiger partial charge in [-0.3, -0.25) is 14.5 Å². The molecule has 3 heterocycles. The Morgan fingerprint density at radius 3 is 2.61 bits per heavy atom. The average Bonchev–Trinajstić information content (AvgIpc) is 3.44. The molecule has 5 rings (SSSR count). The number of rotatable bonds is 7. The molecule has 0 aliphatic carbocycles. The van der Waals surface area contributed by atoms with Crippen molar-refractivity contribution in [2.75, 3.05) is 0 Å². The molecule has 0 aliphatic rings. The Morgan fingerprint density at radius 2 is 1.85 bits per heavy atom. The van der Waals surface area contributed by atoms with E-state index in [9.17, 15) is 9.90 Å². The van der Waals surface area contributed by atoms with Gasteiger partial charge in [0.05, 0.1) is 23.2 Å². The van der Waals surface area contributed by atoms with E-state index in [1.165, 1.54) is 11.3 Å². The number of aromatic nitrogens is 4. The van der Waals surface area contributed by atoms with Crippen molar-refractivity contribution in [2.24, 2.45) is 0 Å². The summed E-state index contributed by atoms with van der Waals surface area (Å²) in [4.78, 5) is 20.6. The molecule has 0 spiro atoms. The van der Waals surface area contributed by atoms with Crippen molar-refractivity contribution in [3.05, 3.63) is 101 Å². The Balaban J connectivity index is 1.61. The van der Waals surface area contributed by atoms with E-state index < -0.39 is 5.97 Å². The number of thiazole rings is 1. The fraction of sp³-hybridized carbons (Fsp3) is 0.0769. The number of aliphatic carboxylic acids is 1. The highest BCUT2D eigenvalue weighted by Gasteiger charge is 2.16. The van der Waals surface area contributed by atoms with Crippen LogP contribution in [0.2, 0.25) is 0 Å². The lowest BCUT2D eigenvalue weighted by Crippen LogP contribution is -2.00. The lowest BCUT2D eigenvalue weighted by Gasteiger charge is -2.02. The third-order valence-corrected chi connectivity index (χ3v) is 6.26. The van der Waals surface area contributed by atoms with E-state index in [-0.39, 0.29) is 6.42 Å². The van der Waals surface area contributed by atoms with Crippen molar-refractivity contribution >= 4 is 39.2 Å². The first kappa shape index (κ1) is 20.8. The zero-order valence-electron chi connectivity index (χ0n) is 17.6. The van der Waals surface area contributed by atoms with Crippen LogP contribution in [0.1, 0.15) is 22.6 Å². The molecule has 3 aromatic heterocycles. The third kappa shape index (κ3) is 4.73. The van der Waals surface area contributed by atoms with Crippen LogP contribution in [-0.2, 0) is 11.3 Å². The van der Waals surface area contributed by atoms with Gasteiger partial charge in [-0.15, -0.1) is 11.3 Å². The first-order valence-corrected chi connectivity index (χ1v) is 11.3. The van der Waals surface area contributed by atoms with Gasteiger partial charge in [0.15, 0.2) is 0 Å². The number of pyridine rings is 1. The first-order valence-electron chi connectivity index (χ1n) is 10.5. The molecule has 0 bridgehead atoms. The largest absolute Gasteiger partial charge is 0.481 e. The van der Waals surface area contributed by atoms with E-state index in [1.807, 2.05) is 71.6 Å². The zero-order valence-corrected chi connectivity index (χ0v) is 18.4. The quantitative estimate of drug-likeness (QED) is 0.347. The minimum absolute atomic E-state index is 0.129. The van der Waals surface area contributed by atoms with E-state index >= 15 is 0 Å². The summed E-state index contributed by atoms with van der Waals surface area (Å²) in [5, 5.41) is 15.1. The van der Waals surface area contributed by atoms with Crippen molar-refractivity contribution in [2.45, 2.75) is 13.0 Å². The van der Waals surface area contributed by atoms with Crippen LogP contribution in [0, 0.1) is 0 Å². The highest BCUT2D eigenvalue weighted by Crippen LogP contribution is 2.32. The van der Waals surface area contributed by atoms with Crippen LogP contribution >= 0.6 is 11.3 Å². The molecule has 0 radical (unpaired) electrons. The number of carbonyl (C=O) groups is 1. The van der Waals surface area contributed by atoms with Gasteiger partial charge in [0.25, 0.3) is 0 Å². The summed E-state index contributed by atoms with van der Waals surface area (Å²) < 4.78 is 2.90. The molecule has 0 amide bonds. The van der Waals surface area contributed by atoms with E-state index in [4.69, 9.17) is 5.10 Å². The highest BCUT2D eigenvalue weighted by molar-refractivity contribution is 7.19. The Bertz CT molecular complexity index is 1410. The number of hydrogen-bond acceptors (Lipinski definition) is 5. The standard InChI is InChI=1S/C26H20N4O2S/c31-24(32)14-20(26-28-22-10-4-5-11-23(22)33-26)13-21-17-30(16-18-7-2-1-3-8-18)29-25(21)19-9-6-12-27-15-19/h1-13,15,17H,14,16H2,(H,31,32).